The third-order valence-corrected chi connectivity index (χ3v) is 3.92. The van der Waals surface area contributed by atoms with Gasteiger partial charge in [-0.1, -0.05) is 20.3 Å². The van der Waals surface area contributed by atoms with E-state index in [0.29, 0.717) is 17.9 Å². The van der Waals surface area contributed by atoms with Crippen LogP contribution in [-0.4, -0.2) is 35.1 Å². The number of likely N-dealkylation sites (N-methyl/N-ethyl adjacent to an activating group) is 1. The van der Waals surface area contributed by atoms with Gasteiger partial charge >= 0.3 is 5.97 Å². The molecule has 0 aromatic rings. The first-order valence-electron chi connectivity index (χ1n) is 5.90. The average molecular weight is 213 g/mol. The lowest BCUT2D eigenvalue weighted by molar-refractivity contribution is -0.144. The molecule has 1 N–H and O–H groups in total. The Morgan fingerprint density at radius 3 is 2.20 bits per heavy atom. The molecule has 3 unspecified atom stereocenters. The van der Waals surface area contributed by atoms with Crippen LogP contribution in [0, 0.1) is 11.8 Å². The van der Waals surface area contributed by atoms with Gasteiger partial charge in [-0.3, -0.25) is 9.69 Å². The van der Waals surface area contributed by atoms with Gasteiger partial charge in [0, 0.05) is 6.04 Å². The van der Waals surface area contributed by atoms with Crippen LogP contribution in [0.3, 0.4) is 0 Å². The summed E-state index contributed by atoms with van der Waals surface area (Å²) in [7, 11) is 1.95. The number of carboxylic acids is 1. The Hall–Kier alpha value is -0.570. The highest BCUT2D eigenvalue weighted by Crippen LogP contribution is 2.32. The SMILES string of the molecule is CC1CCCC(C)C1N(C)C(C)C(=O)O. The van der Waals surface area contributed by atoms with E-state index in [-0.39, 0.29) is 6.04 Å². The molecular formula is C12H23NO2. The Morgan fingerprint density at radius 2 is 1.80 bits per heavy atom. The zero-order valence-electron chi connectivity index (χ0n) is 10.2. The van der Waals surface area contributed by atoms with E-state index in [1.165, 1.54) is 19.3 Å². The molecule has 0 spiro atoms. The number of rotatable bonds is 3. The fraction of sp³-hybridized carbons (Fsp3) is 0.917. The second kappa shape index (κ2) is 4.97. The molecule has 0 amide bonds. The number of aliphatic carboxylic acids is 1. The van der Waals surface area contributed by atoms with Gasteiger partial charge in [-0.25, -0.2) is 0 Å². The monoisotopic (exact) mass is 213 g/mol. The van der Waals surface area contributed by atoms with Crippen LogP contribution in [0.15, 0.2) is 0 Å². The molecule has 0 heterocycles. The van der Waals surface area contributed by atoms with Gasteiger partial charge in [0.15, 0.2) is 0 Å². The maximum atomic E-state index is 11.0. The standard InChI is InChI=1S/C12H23NO2/c1-8-6-5-7-9(2)11(8)13(4)10(3)12(14)15/h8-11H,5-7H2,1-4H3,(H,14,15). The predicted octanol–water partition coefficient (Wildman–Crippen LogP) is 2.22. The maximum Gasteiger partial charge on any atom is 0.320 e. The summed E-state index contributed by atoms with van der Waals surface area (Å²) in [6.45, 7) is 6.26. The molecule has 0 aromatic heterocycles. The van der Waals surface area contributed by atoms with Crippen LogP contribution in [0.5, 0.6) is 0 Å². The minimum atomic E-state index is -0.720. The summed E-state index contributed by atoms with van der Waals surface area (Å²) >= 11 is 0. The van der Waals surface area contributed by atoms with Crippen molar-refractivity contribution in [1.29, 1.82) is 0 Å². The van der Waals surface area contributed by atoms with Crippen molar-refractivity contribution in [2.75, 3.05) is 7.05 Å². The van der Waals surface area contributed by atoms with E-state index in [1.54, 1.807) is 6.92 Å². The Morgan fingerprint density at radius 1 is 1.33 bits per heavy atom. The minimum Gasteiger partial charge on any atom is -0.480 e. The maximum absolute atomic E-state index is 11.0. The van der Waals surface area contributed by atoms with Gasteiger partial charge < -0.3 is 5.11 Å². The molecule has 15 heavy (non-hydrogen) atoms. The molecule has 0 aliphatic heterocycles. The molecular weight excluding hydrogens is 190 g/mol. The number of nitrogens with zero attached hydrogens (tertiary/aromatic N) is 1. The third kappa shape index (κ3) is 2.71. The smallest absolute Gasteiger partial charge is 0.320 e. The molecule has 1 fully saturated rings. The molecule has 0 aromatic carbocycles. The minimum absolute atomic E-state index is 0.377. The van der Waals surface area contributed by atoms with Crippen LogP contribution in [0.2, 0.25) is 0 Å². The van der Waals surface area contributed by atoms with Crippen molar-refractivity contribution in [2.45, 2.75) is 52.1 Å². The summed E-state index contributed by atoms with van der Waals surface area (Å²) in [4.78, 5) is 13.0. The Labute approximate surface area is 92.5 Å². The fourth-order valence-electron chi connectivity index (χ4n) is 2.90. The van der Waals surface area contributed by atoms with Gasteiger partial charge in [-0.05, 0) is 38.6 Å². The molecule has 1 aliphatic carbocycles. The second-order valence-corrected chi connectivity index (χ2v) is 5.06. The molecule has 0 saturated heterocycles. The normalized spacial score (nSPS) is 34.1. The topological polar surface area (TPSA) is 40.5 Å². The fourth-order valence-corrected chi connectivity index (χ4v) is 2.90. The van der Waals surface area contributed by atoms with Crippen LogP contribution in [0.4, 0.5) is 0 Å². The summed E-state index contributed by atoms with van der Waals surface area (Å²) in [5, 5.41) is 9.01. The van der Waals surface area contributed by atoms with E-state index in [4.69, 9.17) is 5.11 Å². The Kier molecular flexibility index (Phi) is 4.14. The third-order valence-electron chi connectivity index (χ3n) is 3.92. The van der Waals surface area contributed by atoms with Crippen LogP contribution in [0.1, 0.15) is 40.0 Å². The first kappa shape index (κ1) is 12.5. The molecule has 1 saturated carbocycles. The van der Waals surface area contributed by atoms with E-state index < -0.39 is 5.97 Å². The number of carboxylic acid groups (broad SMARTS) is 1. The number of hydrogen-bond acceptors (Lipinski definition) is 2. The van der Waals surface area contributed by atoms with Gasteiger partial charge in [-0.15, -0.1) is 0 Å². The predicted molar refractivity (Wildman–Crippen MR) is 60.8 cm³/mol. The summed E-state index contributed by atoms with van der Waals surface area (Å²) in [6.07, 6.45) is 3.74. The number of carbonyl (C=O) groups is 1. The second-order valence-electron chi connectivity index (χ2n) is 5.06. The summed E-state index contributed by atoms with van der Waals surface area (Å²) in [6, 6.07) is 0.0443. The molecule has 3 heteroatoms. The lowest BCUT2D eigenvalue weighted by Crippen LogP contribution is -2.50. The van der Waals surface area contributed by atoms with E-state index in [1.807, 2.05) is 11.9 Å². The molecule has 1 rings (SSSR count). The Bertz CT molecular complexity index is 220. The van der Waals surface area contributed by atoms with Gasteiger partial charge in [0.05, 0.1) is 0 Å². The van der Waals surface area contributed by atoms with E-state index in [2.05, 4.69) is 13.8 Å². The average Bonchev–Trinajstić information content (AvgIpc) is 2.15. The highest BCUT2D eigenvalue weighted by Gasteiger charge is 2.34. The summed E-state index contributed by atoms with van der Waals surface area (Å²) in [5.74, 6) is 0.503. The summed E-state index contributed by atoms with van der Waals surface area (Å²) in [5.41, 5.74) is 0. The molecule has 88 valence electrons. The highest BCUT2D eigenvalue weighted by atomic mass is 16.4. The summed E-state index contributed by atoms with van der Waals surface area (Å²) < 4.78 is 0. The quantitative estimate of drug-likeness (QED) is 0.781. The van der Waals surface area contributed by atoms with Gasteiger partial charge in [0.25, 0.3) is 0 Å². The van der Waals surface area contributed by atoms with Crippen molar-refractivity contribution in [1.82, 2.24) is 4.90 Å². The van der Waals surface area contributed by atoms with E-state index >= 15 is 0 Å². The lowest BCUT2D eigenvalue weighted by Gasteiger charge is -2.42. The molecule has 3 nitrogen and oxygen atoms in total. The molecule has 0 radical (unpaired) electrons. The molecule has 3 atom stereocenters. The van der Waals surface area contributed by atoms with E-state index in [0.717, 1.165) is 0 Å². The van der Waals surface area contributed by atoms with Crippen molar-refractivity contribution in [2.24, 2.45) is 11.8 Å². The van der Waals surface area contributed by atoms with Gasteiger partial charge in [-0.2, -0.15) is 0 Å². The van der Waals surface area contributed by atoms with Gasteiger partial charge in [0.2, 0.25) is 0 Å². The van der Waals surface area contributed by atoms with Crippen molar-refractivity contribution in [3.8, 4) is 0 Å². The van der Waals surface area contributed by atoms with Crippen LogP contribution < -0.4 is 0 Å². The van der Waals surface area contributed by atoms with Crippen molar-refractivity contribution in [3.05, 3.63) is 0 Å². The highest BCUT2D eigenvalue weighted by molar-refractivity contribution is 5.72. The van der Waals surface area contributed by atoms with E-state index in [9.17, 15) is 4.79 Å². The Balaban J connectivity index is 2.70. The molecule has 0 bridgehead atoms. The zero-order chi connectivity index (χ0) is 11.6. The first-order valence-corrected chi connectivity index (χ1v) is 5.90. The van der Waals surface area contributed by atoms with Crippen molar-refractivity contribution < 1.29 is 9.90 Å². The van der Waals surface area contributed by atoms with Crippen LogP contribution in [0.25, 0.3) is 0 Å². The lowest BCUT2D eigenvalue weighted by atomic mass is 9.77. The largest absolute Gasteiger partial charge is 0.480 e. The van der Waals surface area contributed by atoms with Crippen molar-refractivity contribution >= 4 is 5.97 Å². The number of hydrogen-bond donors (Lipinski definition) is 1. The molecule has 1 aliphatic rings. The van der Waals surface area contributed by atoms with Crippen molar-refractivity contribution in [3.63, 3.8) is 0 Å². The van der Waals surface area contributed by atoms with Gasteiger partial charge in [0.1, 0.15) is 6.04 Å². The van der Waals surface area contributed by atoms with Crippen LogP contribution in [-0.2, 0) is 4.79 Å². The first-order chi connectivity index (χ1) is 6.95. The van der Waals surface area contributed by atoms with Crippen LogP contribution >= 0.6 is 0 Å². The zero-order valence-corrected chi connectivity index (χ0v) is 10.2.